The van der Waals surface area contributed by atoms with E-state index in [2.05, 4.69) is 49.2 Å². The highest BCUT2D eigenvalue weighted by Gasteiger charge is 2.25. The first-order valence-corrected chi connectivity index (χ1v) is 10.5. The van der Waals surface area contributed by atoms with Crippen molar-refractivity contribution in [1.29, 1.82) is 0 Å². The van der Waals surface area contributed by atoms with Crippen LogP contribution < -0.4 is 10.0 Å². The Hall–Kier alpha value is -1.72. The van der Waals surface area contributed by atoms with Crippen LogP contribution in [0.2, 0.25) is 0 Å². The van der Waals surface area contributed by atoms with Gasteiger partial charge in [0.15, 0.2) is 5.96 Å². The molecule has 0 saturated carbocycles. The summed E-state index contributed by atoms with van der Waals surface area (Å²) in [4.78, 5) is 10.6. The molecule has 9 heteroatoms. The average Bonchev–Trinajstić information content (AvgIpc) is 3.19. The molecular formula is C19H26IN5O2S. The monoisotopic (exact) mass is 515 g/mol. The molecule has 0 bridgehead atoms. The van der Waals surface area contributed by atoms with Gasteiger partial charge in [-0.25, -0.2) is 13.1 Å². The highest BCUT2D eigenvalue weighted by atomic mass is 127. The quantitative estimate of drug-likeness (QED) is 0.266. The lowest BCUT2D eigenvalue weighted by Gasteiger charge is -2.22. The standard InChI is InChI=1S/C19H25N5O2S.HI/c1-20-19(24-13-9-17(15-24)16-6-3-2-4-7-16)22-11-12-23-27(25,26)18-8-5-10-21-14-18;/h2-8,10,14,17,23H,9,11-13,15H2,1H3,(H,20,22);1H. The zero-order chi connectivity index (χ0) is 19.1. The van der Waals surface area contributed by atoms with Crippen molar-refractivity contribution in [3.8, 4) is 0 Å². The third kappa shape index (κ3) is 5.89. The van der Waals surface area contributed by atoms with Crippen molar-refractivity contribution in [1.82, 2.24) is 19.9 Å². The van der Waals surface area contributed by atoms with Crippen LogP contribution >= 0.6 is 24.0 Å². The largest absolute Gasteiger partial charge is 0.355 e. The Kier molecular flexibility index (Phi) is 8.64. The van der Waals surface area contributed by atoms with Crippen molar-refractivity contribution in [2.75, 3.05) is 33.2 Å². The van der Waals surface area contributed by atoms with E-state index in [1.165, 1.54) is 17.8 Å². The number of pyridine rings is 1. The Morgan fingerprint density at radius 3 is 2.68 bits per heavy atom. The fourth-order valence-electron chi connectivity index (χ4n) is 3.23. The number of halogens is 1. The maximum atomic E-state index is 12.2. The van der Waals surface area contributed by atoms with E-state index in [0.29, 0.717) is 12.5 Å². The molecular weight excluding hydrogens is 489 g/mol. The summed E-state index contributed by atoms with van der Waals surface area (Å²) in [6.45, 7) is 2.57. The predicted octanol–water partition coefficient (Wildman–Crippen LogP) is 2.04. The zero-order valence-corrected chi connectivity index (χ0v) is 18.9. The van der Waals surface area contributed by atoms with Gasteiger partial charge in [0.25, 0.3) is 0 Å². The molecule has 1 saturated heterocycles. The second kappa shape index (κ2) is 10.7. The summed E-state index contributed by atoms with van der Waals surface area (Å²) in [6.07, 6.45) is 3.96. The molecule has 1 aromatic heterocycles. The fraction of sp³-hybridized carbons (Fsp3) is 0.368. The van der Waals surface area contributed by atoms with E-state index in [9.17, 15) is 8.42 Å². The normalized spacial score (nSPS) is 17.2. The lowest BCUT2D eigenvalue weighted by atomic mass is 9.99. The van der Waals surface area contributed by atoms with Crippen LogP contribution in [0.4, 0.5) is 0 Å². The van der Waals surface area contributed by atoms with Crippen LogP contribution in [0.15, 0.2) is 64.7 Å². The van der Waals surface area contributed by atoms with Gasteiger partial charge < -0.3 is 10.2 Å². The Morgan fingerprint density at radius 1 is 1.21 bits per heavy atom. The molecule has 1 aliphatic heterocycles. The predicted molar refractivity (Wildman–Crippen MR) is 122 cm³/mol. The number of likely N-dealkylation sites (tertiary alicyclic amines) is 1. The summed E-state index contributed by atoms with van der Waals surface area (Å²) in [5, 5.41) is 3.24. The topological polar surface area (TPSA) is 86.7 Å². The number of aliphatic imine (C=N–C) groups is 1. The Labute approximate surface area is 183 Å². The average molecular weight is 515 g/mol. The van der Waals surface area contributed by atoms with Gasteiger partial charge in [0.05, 0.1) is 0 Å². The Balaban J connectivity index is 0.00000280. The number of guanidine groups is 1. The Bertz CT molecular complexity index is 862. The number of hydrogen-bond acceptors (Lipinski definition) is 4. The summed E-state index contributed by atoms with van der Waals surface area (Å²) in [5.41, 5.74) is 1.35. The summed E-state index contributed by atoms with van der Waals surface area (Å²) < 4.78 is 26.9. The summed E-state index contributed by atoms with van der Waals surface area (Å²) >= 11 is 0. The van der Waals surface area contributed by atoms with E-state index in [1.807, 2.05) is 6.07 Å². The third-order valence-electron chi connectivity index (χ3n) is 4.62. The number of nitrogens with zero attached hydrogens (tertiary/aromatic N) is 3. The molecule has 2 aromatic rings. The first kappa shape index (κ1) is 22.6. The van der Waals surface area contributed by atoms with Crippen LogP contribution in [0.1, 0.15) is 17.9 Å². The lowest BCUT2D eigenvalue weighted by Crippen LogP contribution is -2.43. The van der Waals surface area contributed by atoms with Gasteiger partial charge in [-0.3, -0.25) is 9.98 Å². The molecule has 0 amide bonds. The van der Waals surface area contributed by atoms with E-state index >= 15 is 0 Å². The van der Waals surface area contributed by atoms with Gasteiger partial charge >= 0.3 is 0 Å². The van der Waals surface area contributed by atoms with Crippen molar-refractivity contribution >= 4 is 40.0 Å². The number of benzene rings is 1. The molecule has 0 spiro atoms. The lowest BCUT2D eigenvalue weighted by molar-refractivity contribution is 0.486. The molecule has 7 nitrogen and oxygen atoms in total. The van der Waals surface area contributed by atoms with Crippen molar-refractivity contribution in [2.45, 2.75) is 17.2 Å². The minimum absolute atomic E-state index is 0. The minimum atomic E-state index is -3.53. The minimum Gasteiger partial charge on any atom is -0.355 e. The second-order valence-corrected chi connectivity index (χ2v) is 8.17. The van der Waals surface area contributed by atoms with E-state index in [0.717, 1.165) is 25.5 Å². The first-order valence-electron chi connectivity index (χ1n) is 9.00. The SMILES string of the molecule is CN=C(NCCNS(=O)(=O)c1cccnc1)N1CCC(c2ccccc2)C1.I. The summed E-state index contributed by atoms with van der Waals surface area (Å²) in [6, 6.07) is 13.6. The van der Waals surface area contributed by atoms with E-state index in [1.54, 1.807) is 19.3 Å². The van der Waals surface area contributed by atoms with E-state index in [-0.39, 0.29) is 35.4 Å². The number of rotatable bonds is 6. The zero-order valence-electron chi connectivity index (χ0n) is 15.8. The van der Waals surface area contributed by atoms with Gasteiger partial charge in [-0.15, -0.1) is 24.0 Å². The van der Waals surface area contributed by atoms with Crippen LogP contribution in [0.5, 0.6) is 0 Å². The number of aromatic nitrogens is 1. The van der Waals surface area contributed by atoms with Crippen LogP contribution in [-0.2, 0) is 10.0 Å². The first-order chi connectivity index (χ1) is 13.1. The second-order valence-electron chi connectivity index (χ2n) is 6.40. The molecule has 0 aliphatic carbocycles. The van der Waals surface area contributed by atoms with Crippen molar-refractivity contribution in [2.24, 2.45) is 4.99 Å². The third-order valence-corrected chi connectivity index (χ3v) is 6.06. The van der Waals surface area contributed by atoms with E-state index < -0.39 is 10.0 Å². The highest BCUT2D eigenvalue weighted by Crippen LogP contribution is 2.26. The molecule has 3 rings (SSSR count). The van der Waals surface area contributed by atoms with Gasteiger partial charge in [-0.2, -0.15) is 0 Å². The Morgan fingerprint density at radius 2 is 2.00 bits per heavy atom. The summed E-state index contributed by atoms with van der Waals surface area (Å²) in [5.74, 6) is 1.29. The van der Waals surface area contributed by atoms with Crippen molar-refractivity contribution in [3.63, 3.8) is 0 Å². The van der Waals surface area contributed by atoms with Crippen LogP contribution in [-0.4, -0.2) is 57.5 Å². The molecule has 152 valence electrons. The highest BCUT2D eigenvalue weighted by molar-refractivity contribution is 14.0. The molecule has 1 aliphatic rings. The molecule has 1 atom stereocenters. The number of hydrogen-bond donors (Lipinski definition) is 2. The smallest absolute Gasteiger partial charge is 0.242 e. The molecule has 1 unspecified atom stereocenters. The van der Waals surface area contributed by atoms with E-state index in [4.69, 9.17) is 0 Å². The van der Waals surface area contributed by atoms with Gasteiger partial charge in [0.2, 0.25) is 10.0 Å². The van der Waals surface area contributed by atoms with Crippen molar-refractivity contribution in [3.05, 3.63) is 60.4 Å². The fourth-order valence-corrected chi connectivity index (χ4v) is 4.23. The van der Waals surface area contributed by atoms with Crippen LogP contribution in [0, 0.1) is 0 Å². The molecule has 1 aromatic carbocycles. The van der Waals surface area contributed by atoms with Crippen LogP contribution in [0.25, 0.3) is 0 Å². The number of nitrogens with one attached hydrogen (secondary N) is 2. The van der Waals surface area contributed by atoms with Crippen molar-refractivity contribution < 1.29 is 8.42 Å². The summed E-state index contributed by atoms with van der Waals surface area (Å²) in [7, 11) is -1.79. The molecule has 2 heterocycles. The maximum Gasteiger partial charge on any atom is 0.242 e. The van der Waals surface area contributed by atoms with Crippen LogP contribution in [0.3, 0.4) is 0 Å². The van der Waals surface area contributed by atoms with Gasteiger partial charge in [0.1, 0.15) is 4.90 Å². The maximum absolute atomic E-state index is 12.2. The van der Waals surface area contributed by atoms with Gasteiger partial charge in [-0.1, -0.05) is 30.3 Å². The molecule has 28 heavy (non-hydrogen) atoms. The number of sulfonamides is 1. The molecule has 2 N–H and O–H groups in total. The molecule has 1 fully saturated rings. The molecule has 0 radical (unpaired) electrons. The van der Waals surface area contributed by atoms with Gasteiger partial charge in [-0.05, 0) is 24.1 Å². The van der Waals surface area contributed by atoms with Gasteiger partial charge in [0, 0.05) is 51.5 Å².